The maximum atomic E-state index is 11.0. The predicted octanol–water partition coefficient (Wildman–Crippen LogP) is 1.20. The number of hydrogen-bond donors (Lipinski definition) is 3. The molecule has 17 heavy (non-hydrogen) atoms. The smallest absolute Gasteiger partial charge is 0.404 e. The third-order valence-corrected chi connectivity index (χ3v) is 2.07. The molecule has 0 heterocycles. The number of carbonyl (C=O) groups is 2. The highest BCUT2D eigenvalue weighted by Gasteiger charge is 2.09. The minimum Gasteiger partial charge on any atom is -0.478 e. The molecule has 0 aliphatic rings. The predicted molar refractivity (Wildman–Crippen MR) is 62.2 cm³/mol. The Hall–Kier alpha value is -2.24. The summed E-state index contributed by atoms with van der Waals surface area (Å²) in [5.41, 5.74) is 6.32. The first-order chi connectivity index (χ1) is 8.00. The molecule has 6 heteroatoms. The third kappa shape index (κ3) is 4.02. The Bertz CT molecular complexity index is 431. The summed E-state index contributed by atoms with van der Waals surface area (Å²) in [6, 6.07) is 5.03. The van der Waals surface area contributed by atoms with Gasteiger partial charge in [-0.05, 0) is 19.1 Å². The van der Waals surface area contributed by atoms with Crippen molar-refractivity contribution in [2.24, 2.45) is 5.73 Å². The number of primary amides is 1. The molecule has 0 bridgehead atoms. The number of ether oxygens (including phenoxy) is 1. The second-order valence-electron chi connectivity index (χ2n) is 3.45. The average molecular weight is 238 g/mol. The van der Waals surface area contributed by atoms with Crippen molar-refractivity contribution in [3.63, 3.8) is 0 Å². The highest BCUT2D eigenvalue weighted by Crippen LogP contribution is 2.16. The van der Waals surface area contributed by atoms with Gasteiger partial charge < -0.3 is 20.9 Å². The van der Waals surface area contributed by atoms with E-state index in [1.54, 1.807) is 18.2 Å². The second-order valence-corrected chi connectivity index (χ2v) is 3.45. The molecule has 0 fully saturated rings. The van der Waals surface area contributed by atoms with Crippen LogP contribution in [-0.2, 0) is 4.74 Å². The van der Waals surface area contributed by atoms with Gasteiger partial charge in [0.15, 0.2) is 0 Å². The Morgan fingerprint density at radius 1 is 1.47 bits per heavy atom. The van der Waals surface area contributed by atoms with Gasteiger partial charge in [0.1, 0.15) is 6.61 Å². The van der Waals surface area contributed by atoms with Crippen LogP contribution in [0.15, 0.2) is 18.2 Å². The molecule has 0 unspecified atom stereocenters. The van der Waals surface area contributed by atoms with Crippen molar-refractivity contribution in [3.8, 4) is 0 Å². The normalized spacial score (nSPS) is 9.71. The molecule has 0 aliphatic heterocycles. The van der Waals surface area contributed by atoms with E-state index in [-0.39, 0.29) is 12.2 Å². The fraction of sp³-hybridized carbons (Fsp3) is 0.273. The van der Waals surface area contributed by atoms with Crippen LogP contribution in [-0.4, -0.2) is 30.3 Å². The molecule has 0 aliphatic carbocycles. The van der Waals surface area contributed by atoms with Gasteiger partial charge in [-0.25, -0.2) is 9.59 Å². The lowest BCUT2D eigenvalue weighted by Gasteiger charge is -2.10. The monoisotopic (exact) mass is 238 g/mol. The number of carboxylic acid groups (broad SMARTS) is 1. The van der Waals surface area contributed by atoms with Crippen LogP contribution < -0.4 is 11.1 Å². The Morgan fingerprint density at radius 3 is 2.76 bits per heavy atom. The Morgan fingerprint density at radius 2 is 2.18 bits per heavy atom. The number of carbonyl (C=O) groups excluding carboxylic acids is 1. The molecule has 1 aromatic rings. The van der Waals surface area contributed by atoms with E-state index in [0.717, 1.165) is 5.56 Å². The molecule has 0 aromatic heterocycles. The Labute approximate surface area is 98.4 Å². The lowest BCUT2D eigenvalue weighted by molar-refractivity contribution is 0.0697. The van der Waals surface area contributed by atoms with E-state index in [9.17, 15) is 9.59 Å². The van der Waals surface area contributed by atoms with Crippen LogP contribution in [0, 0.1) is 6.92 Å². The maximum absolute atomic E-state index is 11.0. The number of amides is 1. The van der Waals surface area contributed by atoms with E-state index < -0.39 is 12.1 Å². The first-order valence-corrected chi connectivity index (χ1v) is 5.00. The number of rotatable bonds is 5. The molecule has 0 saturated heterocycles. The van der Waals surface area contributed by atoms with Crippen molar-refractivity contribution >= 4 is 17.7 Å². The zero-order valence-corrected chi connectivity index (χ0v) is 9.40. The molecule has 92 valence electrons. The van der Waals surface area contributed by atoms with E-state index >= 15 is 0 Å². The van der Waals surface area contributed by atoms with Gasteiger partial charge in [-0.15, -0.1) is 0 Å². The Balaban J connectivity index is 2.64. The number of aryl methyl sites for hydroxylation is 1. The molecule has 1 aromatic carbocycles. The van der Waals surface area contributed by atoms with Crippen LogP contribution in [0.2, 0.25) is 0 Å². The standard InChI is InChI=1S/C11H14N2O4/c1-7-2-3-9(8(6-7)10(14)15)13-4-5-17-11(12)16/h2-3,6,13H,4-5H2,1H3,(H2,12,16)(H,14,15). The zero-order chi connectivity index (χ0) is 12.8. The quantitative estimate of drug-likeness (QED) is 0.669. The summed E-state index contributed by atoms with van der Waals surface area (Å²) in [6.07, 6.45) is -0.853. The van der Waals surface area contributed by atoms with Gasteiger partial charge in [0.2, 0.25) is 0 Å². The first kappa shape index (κ1) is 12.8. The molecule has 0 radical (unpaired) electrons. The van der Waals surface area contributed by atoms with Crippen LogP contribution in [0.5, 0.6) is 0 Å². The summed E-state index contributed by atoms with van der Waals surface area (Å²) in [4.78, 5) is 21.3. The summed E-state index contributed by atoms with van der Waals surface area (Å²) in [5, 5.41) is 11.9. The molecule has 4 N–H and O–H groups in total. The van der Waals surface area contributed by atoms with E-state index in [0.29, 0.717) is 12.2 Å². The number of benzene rings is 1. The number of nitrogens with two attached hydrogens (primary N) is 1. The zero-order valence-electron chi connectivity index (χ0n) is 9.40. The largest absolute Gasteiger partial charge is 0.478 e. The SMILES string of the molecule is Cc1ccc(NCCOC(N)=O)c(C(=O)O)c1. The summed E-state index contributed by atoms with van der Waals surface area (Å²) in [5.74, 6) is -1.01. The molecule has 0 atom stereocenters. The average Bonchev–Trinajstić information content (AvgIpc) is 2.25. The van der Waals surface area contributed by atoms with Crippen LogP contribution in [0.1, 0.15) is 15.9 Å². The lowest BCUT2D eigenvalue weighted by Crippen LogP contribution is -2.19. The van der Waals surface area contributed by atoms with Crippen molar-refractivity contribution in [2.75, 3.05) is 18.5 Å². The number of anilines is 1. The molecule has 0 spiro atoms. The number of hydrogen-bond acceptors (Lipinski definition) is 4. The van der Waals surface area contributed by atoms with Crippen LogP contribution >= 0.6 is 0 Å². The third-order valence-electron chi connectivity index (χ3n) is 2.07. The summed E-state index contributed by atoms with van der Waals surface area (Å²) >= 11 is 0. The molecular weight excluding hydrogens is 224 g/mol. The number of carboxylic acids is 1. The highest BCUT2D eigenvalue weighted by atomic mass is 16.5. The summed E-state index contributed by atoms with van der Waals surface area (Å²) in [7, 11) is 0. The minimum atomic E-state index is -1.01. The van der Waals surface area contributed by atoms with Gasteiger partial charge in [0.25, 0.3) is 0 Å². The van der Waals surface area contributed by atoms with Crippen molar-refractivity contribution in [1.82, 2.24) is 0 Å². The van der Waals surface area contributed by atoms with Crippen molar-refractivity contribution in [1.29, 1.82) is 0 Å². The second kappa shape index (κ2) is 5.74. The van der Waals surface area contributed by atoms with Crippen LogP contribution in [0.3, 0.4) is 0 Å². The van der Waals surface area contributed by atoms with Crippen molar-refractivity contribution < 1.29 is 19.4 Å². The topological polar surface area (TPSA) is 102 Å². The fourth-order valence-electron chi connectivity index (χ4n) is 1.33. The maximum Gasteiger partial charge on any atom is 0.404 e. The van der Waals surface area contributed by atoms with Gasteiger partial charge in [-0.2, -0.15) is 0 Å². The molecule has 6 nitrogen and oxygen atoms in total. The lowest BCUT2D eigenvalue weighted by atomic mass is 10.1. The van der Waals surface area contributed by atoms with E-state index in [1.165, 1.54) is 0 Å². The summed E-state index contributed by atoms with van der Waals surface area (Å²) < 4.78 is 4.52. The fourth-order valence-corrected chi connectivity index (χ4v) is 1.33. The van der Waals surface area contributed by atoms with Gasteiger partial charge in [0, 0.05) is 12.2 Å². The molecule has 1 rings (SSSR count). The van der Waals surface area contributed by atoms with E-state index in [1.807, 2.05) is 6.92 Å². The van der Waals surface area contributed by atoms with Gasteiger partial charge in [0.05, 0.1) is 5.56 Å². The first-order valence-electron chi connectivity index (χ1n) is 5.00. The molecule has 0 saturated carbocycles. The van der Waals surface area contributed by atoms with Gasteiger partial charge in [-0.3, -0.25) is 0 Å². The van der Waals surface area contributed by atoms with E-state index in [2.05, 4.69) is 10.1 Å². The number of nitrogens with one attached hydrogen (secondary N) is 1. The molecule has 1 amide bonds. The van der Waals surface area contributed by atoms with Gasteiger partial charge in [-0.1, -0.05) is 11.6 Å². The van der Waals surface area contributed by atoms with Gasteiger partial charge >= 0.3 is 12.1 Å². The van der Waals surface area contributed by atoms with E-state index in [4.69, 9.17) is 10.8 Å². The molecular formula is C11H14N2O4. The van der Waals surface area contributed by atoms with Crippen LogP contribution in [0.25, 0.3) is 0 Å². The Kier molecular flexibility index (Phi) is 4.33. The van der Waals surface area contributed by atoms with Crippen molar-refractivity contribution in [2.45, 2.75) is 6.92 Å². The summed E-state index contributed by atoms with van der Waals surface area (Å²) in [6.45, 7) is 2.20. The minimum absolute atomic E-state index is 0.0856. The number of aromatic carboxylic acids is 1. The van der Waals surface area contributed by atoms with Crippen molar-refractivity contribution in [3.05, 3.63) is 29.3 Å². The van der Waals surface area contributed by atoms with Crippen LogP contribution in [0.4, 0.5) is 10.5 Å². The highest BCUT2D eigenvalue weighted by molar-refractivity contribution is 5.94.